The van der Waals surface area contributed by atoms with E-state index in [0.29, 0.717) is 11.0 Å². The van der Waals surface area contributed by atoms with Crippen molar-refractivity contribution in [3.63, 3.8) is 0 Å². The Balaban J connectivity index is 1.59. The van der Waals surface area contributed by atoms with Crippen LogP contribution in [-0.2, 0) is 4.79 Å². The van der Waals surface area contributed by atoms with Gasteiger partial charge in [-0.1, -0.05) is 42.1 Å². The van der Waals surface area contributed by atoms with E-state index in [1.807, 2.05) is 90.2 Å². The fourth-order valence-corrected chi connectivity index (χ4v) is 4.02. The molecule has 0 radical (unpaired) electrons. The molecule has 1 N–H and O–H groups in total. The molecule has 0 bridgehead atoms. The van der Waals surface area contributed by atoms with Crippen LogP contribution in [0.2, 0.25) is 0 Å². The molecule has 8 heteroatoms. The predicted molar refractivity (Wildman–Crippen MR) is 123 cm³/mol. The molecular formula is C23H23N5O2S. The number of rotatable bonds is 7. The number of thioether (sulfide) groups is 1. The Kier molecular flexibility index (Phi) is 6.08. The highest BCUT2D eigenvalue weighted by Crippen LogP contribution is 2.27. The van der Waals surface area contributed by atoms with Crippen molar-refractivity contribution in [2.45, 2.75) is 19.0 Å². The summed E-state index contributed by atoms with van der Waals surface area (Å²) in [7, 11) is 1.63. The van der Waals surface area contributed by atoms with Crippen LogP contribution in [0.4, 0.5) is 5.69 Å². The smallest absolute Gasteiger partial charge is 0.234 e. The number of carbonyl (C=O) groups is 1. The number of anilines is 1. The molecule has 31 heavy (non-hydrogen) atoms. The van der Waals surface area contributed by atoms with Crippen LogP contribution in [0.15, 0.2) is 72.1 Å². The molecule has 0 atom stereocenters. The quantitative estimate of drug-likeness (QED) is 0.437. The second kappa shape index (κ2) is 9.09. The molecule has 4 aromatic rings. The maximum Gasteiger partial charge on any atom is 0.234 e. The van der Waals surface area contributed by atoms with E-state index in [1.54, 1.807) is 7.11 Å². The van der Waals surface area contributed by atoms with Crippen LogP contribution in [0, 0.1) is 13.8 Å². The molecule has 2 aromatic heterocycles. The van der Waals surface area contributed by atoms with E-state index in [9.17, 15) is 4.79 Å². The number of ether oxygens (including phenoxy) is 1. The third-order valence-electron chi connectivity index (χ3n) is 4.84. The Morgan fingerprint density at radius 1 is 1.03 bits per heavy atom. The highest BCUT2D eigenvalue weighted by molar-refractivity contribution is 7.99. The van der Waals surface area contributed by atoms with Crippen LogP contribution < -0.4 is 10.1 Å². The number of nitrogens with zero attached hydrogens (tertiary/aromatic N) is 4. The molecule has 0 aliphatic carbocycles. The second-order valence-electron chi connectivity index (χ2n) is 7.02. The highest BCUT2D eigenvalue weighted by atomic mass is 32.2. The van der Waals surface area contributed by atoms with Crippen molar-refractivity contribution in [2.24, 2.45) is 0 Å². The van der Waals surface area contributed by atoms with Crippen molar-refractivity contribution in [3.8, 4) is 17.1 Å². The molecule has 2 heterocycles. The van der Waals surface area contributed by atoms with Gasteiger partial charge < -0.3 is 10.1 Å². The summed E-state index contributed by atoms with van der Waals surface area (Å²) in [6, 6.07) is 17.5. The Bertz CT molecular complexity index is 1180. The summed E-state index contributed by atoms with van der Waals surface area (Å²) in [6.07, 6.45) is 3.82. The zero-order valence-electron chi connectivity index (χ0n) is 17.6. The molecule has 0 aliphatic heterocycles. The van der Waals surface area contributed by atoms with Crippen LogP contribution >= 0.6 is 11.8 Å². The van der Waals surface area contributed by atoms with Crippen molar-refractivity contribution in [2.75, 3.05) is 18.2 Å². The maximum atomic E-state index is 12.6. The normalized spacial score (nSPS) is 10.8. The molecular weight excluding hydrogens is 410 g/mol. The van der Waals surface area contributed by atoms with Gasteiger partial charge in [-0.05, 0) is 49.2 Å². The molecule has 0 fully saturated rings. The van der Waals surface area contributed by atoms with Crippen molar-refractivity contribution < 1.29 is 9.53 Å². The van der Waals surface area contributed by atoms with E-state index in [-0.39, 0.29) is 11.7 Å². The maximum absolute atomic E-state index is 12.6. The first-order valence-electron chi connectivity index (χ1n) is 9.79. The number of benzene rings is 2. The van der Waals surface area contributed by atoms with Crippen molar-refractivity contribution >= 4 is 23.4 Å². The van der Waals surface area contributed by atoms with Gasteiger partial charge in [-0.2, -0.15) is 0 Å². The lowest BCUT2D eigenvalue weighted by Crippen LogP contribution is -2.17. The van der Waals surface area contributed by atoms with E-state index in [2.05, 4.69) is 15.5 Å². The number of carbonyl (C=O) groups excluding carboxylic acids is 1. The SMILES string of the molecule is COc1cccc(-c2nnc(SCC(=O)Nc3c(C)cccc3C)n2-n2cccc2)c1. The monoisotopic (exact) mass is 433 g/mol. The number of nitrogens with one attached hydrogen (secondary N) is 1. The Labute approximate surface area is 185 Å². The fourth-order valence-electron chi connectivity index (χ4n) is 3.28. The number of hydrogen-bond donors (Lipinski definition) is 1. The molecule has 7 nitrogen and oxygen atoms in total. The van der Waals surface area contributed by atoms with E-state index in [4.69, 9.17) is 4.74 Å². The minimum absolute atomic E-state index is 0.0904. The molecule has 0 unspecified atom stereocenters. The summed E-state index contributed by atoms with van der Waals surface area (Å²) in [5, 5.41) is 12.4. The summed E-state index contributed by atoms with van der Waals surface area (Å²) < 4.78 is 9.12. The minimum Gasteiger partial charge on any atom is -0.497 e. The summed E-state index contributed by atoms with van der Waals surface area (Å²) in [5.41, 5.74) is 3.80. The van der Waals surface area contributed by atoms with Gasteiger partial charge in [-0.15, -0.1) is 10.2 Å². The van der Waals surface area contributed by atoms with Crippen LogP contribution in [-0.4, -0.2) is 38.3 Å². The number of aromatic nitrogens is 4. The first-order valence-corrected chi connectivity index (χ1v) is 10.8. The second-order valence-corrected chi connectivity index (χ2v) is 7.96. The molecule has 2 aromatic carbocycles. The third kappa shape index (κ3) is 4.49. The molecule has 1 amide bonds. The third-order valence-corrected chi connectivity index (χ3v) is 5.76. The Morgan fingerprint density at radius 3 is 2.45 bits per heavy atom. The van der Waals surface area contributed by atoms with Crippen molar-refractivity contribution in [1.82, 2.24) is 19.5 Å². The summed E-state index contributed by atoms with van der Waals surface area (Å²) in [5.74, 6) is 1.52. The van der Waals surface area contributed by atoms with Gasteiger partial charge in [0.15, 0.2) is 5.82 Å². The lowest BCUT2D eigenvalue weighted by atomic mass is 10.1. The van der Waals surface area contributed by atoms with Gasteiger partial charge in [-0.3, -0.25) is 9.47 Å². The first kappa shape index (κ1) is 20.7. The van der Waals surface area contributed by atoms with Crippen LogP contribution in [0.5, 0.6) is 5.75 Å². The highest BCUT2D eigenvalue weighted by Gasteiger charge is 2.18. The first-order chi connectivity index (χ1) is 15.1. The lowest BCUT2D eigenvalue weighted by Gasteiger charge is -2.13. The molecule has 0 saturated heterocycles. The van der Waals surface area contributed by atoms with E-state index in [0.717, 1.165) is 28.1 Å². The Morgan fingerprint density at radius 2 is 1.74 bits per heavy atom. The number of aryl methyl sites for hydroxylation is 2. The van der Waals surface area contributed by atoms with E-state index < -0.39 is 0 Å². The van der Waals surface area contributed by atoms with Crippen molar-refractivity contribution in [3.05, 3.63) is 78.1 Å². The van der Waals surface area contributed by atoms with Crippen LogP contribution in [0.25, 0.3) is 11.4 Å². The van der Waals surface area contributed by atoms with Gasteiger partial charge in [0.1, 0.15) is 5.75 Å². The average molecular weight is 434 g/mol. The standard InChI is InChI=1S/C23H23N5O2S/c1-16-8-6-9-17(2)21(16)24-20(29)15-31-23-26-25-22(28(23)27-12-4-5-13-27)18-10-7-11-19(14-18)30-3/h4-14H,15H2,1-3H3,(H,24,29). The lowest BCUT2D eigenvalue weighted by molar-refractivity contribution is -0.113. The number of hydrogen-bond acceptors (Lipinski definition) is 5. The molecule has 158 valence electrons. The molecule has 0 saturated carbocycles. The number of para-hydroxylation sites is 1. The molecule has 0 spiro atoms. The predicted octanol–water partition coefficient (Wildman–Crippen LogP) is 4.41. The number of amides is 1. The largest absolute Gasteiger partial charge is 0.497 e. The zero-order valence-corrected chi connectivity index (χ0v) is 18.4. The van der Waals surface area contributed by atoms with E-state index >= 15 is 0 Å². The van der Waals surface area contributed by atoms with Gasteiger partial charge in [0.25, 0.3) is 0 Å². The number of methoxy groups -OCH3 is 1. The molecule has 0 aliphatic rings. The van der Waals surface area contributed by atoms with Gasteiger partial charge >= 0.3 is 0 Å². The molecule has 4 rings (SSSR count). The van der Waals surface area contributed by atoms with Crippen LogP contribution in [0.1, 0.15) is 11.1 Å². The van der Waals surface area contributed by atoms with Crippen molar-refractivity contribution in [1.29, 1.82) is 0 Å². The summed E-state index contributed by atoms with van der Waals surface area (Å²) in [6.45, 7) is 3.97. The van der Waals surface area contributed by atoms with E-state index in [1.165, 1.54) is 11.8 Å². The Hall–Kier alpha value is -3.52. The zero-order chi connectivity index (χ0) is 21.8. The summed E-state index contributed by atoms with van der Waals surface area (Å²) in [4.78, 5) is 12.6. The minimum atomic E-state index is -0.0904. The topological polar surface area (TPSA) is 74.0 Å². The van der Waals surface area contributed by atoms with Gasteiger partial charge in [0.2, 0.25) is 11.1 Å². The van der Waals surface area contributed by atoms with Gasteiger partial charge in [0, 0.05) is 23.6 Å². The van der Waals surface area contributed by atoms with Crippen LogP contribution in [0.3, 0.4) is 0 Å². The average Bonchev–Trinajstić information content (AvgIpc) is 3.44. The summed E-state index contributed by atoms with van der Waals surface area (Å²) >= 11 is 1.34. The fraction of sp³-hybridized carbons (Fsp3) is 0.174. The van der Waals surface area contributed by atoms with Gasteiger partial charge in [-0.25, -0.2) is 4.68 Å². The van der Waals surface area contributed by atoms with Gasteiger partial charge in [0.05, 0.1) is 12.9 Å².